The average molecular weight is 242 g/mol. The number of amides is 1. The molecule has 1 fully saturated rings. The zero-order chi connectivity index (χ0) is 12.7. The maximum Gasteiger partial charge on any atom is 0.224 e. The normalized spacial score (nSPS) is 22.5. The molecule has 0 bridgehead atoms. The van der Waals surface area contributed by atoms with E-state index in [0.717, 1.165) is 25.9 Å². The lowest BCUT2D eigenvalue weighted by atomic mass is 9.97. The third-order valence-electron chi connectivity index (χ3n) is 3.30. The van der Waals surface area contributed by atoms with Gasteiger partial charge >= 0.3 is 0 Å². The lowest BCUT2D eigenvalue weighted by molar-refractivity contribution is -0.127. The summed E-state index contributed by atoms with van der Waals surface area (Å²) in [4.78, 5) is 12.1. The van der Waals surface area contributed by atoms with Crippen LogP contribution in [0.5, 0.6) is 0 Å². The molecule has 0 radical (unpaired) electrons. The number of carbonyl (C=O) groups excluding carboxylic acids is 1. The van der Waals surface area contributed by atoms with Crippen molar-refractivity contribution >= 4 is 5.91 Å². The highest BCUT2D eigenvalue weighted by molar-refractivity contribution is 5.79. The van der Waals surface area contributed by atoms with E-state index >= 15 is 0 Å². The smallest absolute Gasteiger partial charge is 0.224 e. The third-order valence-corrected chi connectivity index (χ3v) is 3.30. The molecule has 1 heterocycles. The third kappa shape index (κ3) is 5.04. The molecule has 2 atom stereocenters. The quantitative estimate of drug-likeness (QED) is 0.735. The van der Waals surface area contributed by atoms with Crippen molar-refractivity contribution < 1.29 is 9.53 Å². The minimum absolute atomic E-state index is 0.129. The number of nitrogens with one attached hydrogen (secondary N) is 2. The average Bonchev–Trinajstić information content (AvgIpc) is 2.35. The van der Waals surface area contributed by atoms with Gasteiger partial charge < -0.3 is 15.4 Å². The molecule has 1 rings (SSSR count). The molecule has 0 aromatic carbocycles. The Hall–Kier alpha value is -0.610. The Balaban J connectivity index is 2.39. The number of carbonyl (C=O) groups is 1. The minimum atomic E-state index is 0.129. The number of ether oxygens (including phenoxy) is 1. The van der Waals surface area contributed by atoms with Crippen LogP contribution < -0.4 is 10.6 Å². The van der Waals surface area contributed by atoms with Crippen LogP contribution in [0, 0.1) is 11.8 Å². The van der Waals surface area contributed by atoms with Crippen molar-refractivity contribution in [3.63, 3.8) is 0 Å². The van der Waals surface area contributed by atoms with Crippen LogP contribution in [-0.2, 0) is 9.53 Å². The van der Waals surface area contributed by atoms with Crippen LogP contribution >= 0.6 is 0 Å². The largest absolute Gasteiger partial charge is 0.380 e. The van der Waals surface area contributed by atoms with E-state index in [1.54, 1.807) is 0 Å². The fraction of sp³-hybridized carbons (Fsp3) is 0.923. The second-order valence-corrected chi connectivity index (χ2v) is 5.06. The monoisotopic (exact) mass is 242 g/mol. The van der Waals surface area contributed by atoms with Crippen molar-refractivity contribution in [1.29, 1.82) is 0 Å². The van der Waals surface area contributed by atoms with Crippen molar-refractivity contribution in [3.05, 3.63) is 0 Å². The Morgan fingerprint density at radius 3 is 2.82 bits per heavy atom. The first-order chi connectivity index (χ1) is 8.15. The van der Waals surface area contributed by atoms with E-state index in [1.807, 2.05) is 6.92 Å². The standard InChI is InChI=1S/C13H26N2O2/c1-4-17-9-12(10(2)3)15-13(16)11-6-5-7-14-8-11/h10-12,14H,4-9H2,1-3H3,(H,15,16). The van der Waals surface area contributed by atoms with Gasteiger partial charge in [-0.25, -0.2) is 0 Å². The molecule has 4 nitrogen and oxygen atoms in total. The van der Waals surface area contributed by atoms with E-state index < -0.39 is 0 Å². The van der Waals surface area contributed by atoms with Crippen molar-refractivity contribution in [2.45, 2.75) is 39.7 Å². The van der Waals surface area contributed by atoms with Gasteiger partial charge in [0.1, 0.15) is 0 Å². The second-order valence-electron chi connectivity index (χ2n) is 5.06. The number of piperidine rings is 1. The van der Waals surface area contributed by atoms with Gasteiger partial charge in [0.2, 0.25) is 5.91 Å². The topological polar surface area (TPSA) is 50.4 Å². The highest BCUT2D eigenvalue weighted by Crippen LogP contribution is 2.11. The Morgan fingerprint density at radius 2 is 2.29 bits per heavy atom. The molecule has 0 aromatic heterocycles. The predicted octanol–water partition coefficient (Wildman–Crippen LogP) is 1.16. The zero-order valence-corrected chi connectivity index (χ0v) is 11.3. The molecule has 0 aliphatic carbocycles. The zero-order valence-electron chi connectivity index (χ0n) is 11.3. The highest BCUT2D eigenvalue weighted by atomic mass is 16.5. The fourth-order valence-corrected chi connectivity index (χ4v) is 2.02. The summed E-state index contributed by atoms with van der Waals surface area (Å²) in [5, 5.41) is 6.39. The molecule has 100 valence electrons. The molecule has 0 saturated carbocycles. The molecule has 1 aliphatic heterocycles. The van der Waals surface area contributed by atoms with Gasteiger partial charge in [-0.15, -0.1) is 0 Å². The van der Waals surface area contributed by atoms with Gasteiger partial charge in [0.25, 0.3) is 0 Å². The lowest BCUT2D eigenvalue weighted by Gasteiger charge is -2.27. The van der Waals surface area contributed by atoms with Crippen molar-refractivity contribution in [1.82, 2.24) is 10.6 Å². The predicted molar refractivity (Wildman–Crippen MR) is 68.9 cm³/mol. The molecule has 1 aliphatic rings. The number of rotatable bonds is 6. The molecule has 17 heavy (non-hydrogen) atoms. The fourth-order valence-electron chi connectivity index (χ4n) is 2.02. The van der Waals surface area contributed by atoms with Gasteiger partial charge in [-0.3, -0.25) is 4.79 Å². The van der Waals surface area contributed by atoms with Crippen molar-refractivity contribution in [2.24, 2.45) is 11.8 Å². The van der Waals surface area contributed by atoms with E-state index in [9.17, 15) is 4.79 Å². The van der Waals surface area contributed by atoms with Crippen LogP contribution in [-0.4, -0.2) is 38.3 Å². The van der Waals surface area contributed by atoms with E-state index in [0.29, 0.717) is 19.1 Å². The molecule has 0 spiro atoms. The number of hydrogen-bond acceptors (Lipinski definition) is 3. The van der Waals surface area contributed by atoms with Gasteiger partial charge in [0, 0.05) is 13.2 Å². The molecular weight excluding hydrogens is 216 g/mol. The first-order valence-corrected chi connectivity index (χ1v) is 6.74. The lowest BCUT2D eigenvalue weighted by Crippen LogP contribution is -2.47. The summed E-state index contributed by atoms with van der Waals surface area (Å²) in [5.41, 5.74) is 0. The van der Waals surface area contributed by atoms with Crippen molar-refractivity contribution in [3.8, 4) is 0 Å². The number of hydrogen-bond donors (Lipinski definition) is 2. The van der Waals surface area contributed by atoms with E-state index in [-0.39, 0.29) is 17.9 Å². The summed E-state index contributed by atoms with van der Waals surface area (Å²) < 4.78 is 5.41. The van der Waals surface area contributed by atoms with Crippen LogP contribution in [0.3, 0.4) is 0 Å². The maximum atomic E-state index is 12.1. The molecule has 1 saturated heterocycles. The Morgan fingerprint density at radius 1 is 1.53 bits per heavy atom. The maximum absolute atomic E-state index is 12.1. The van der Waals surface area contributed by atoms with Crippen LogP contribution in [0.25, 0.3) is 0 Å². The Kier molecular flexibility index (Phi) is 6.52. The van der Waals surface area contributed by atoms with Crippen LogP contribution in [0.4, 0.5) is 0 Å². The molecule has 0 aromatic rings. The van der Waals surface area contributed by atoms with E-state index in [1.165, 1.54) is 0 Å². The summed E-state index contributed by atoms with van der Waals surface area (Å²) in [6.45, 7) is 9.36. The van der Waals surface area contributed by atoms with E-state index in [2.05, 4.69) is 24.5 Å². The van der Waals surface area contributed by atoms with E-state index in [4.69, 9.17) is 4.74 Å². The first kappa shape index (κ1) is 14.5. The van der Waals surface area contributed by atoms with Crippen LogP contribution in [0.2, 0.25) is 0 Å². The highest BCUT2D eigenvalue weighted by Gasteiger charge is 2.24. The minimum Gasteiger partial charge on any atom is -0.380 e. The molecule has 2 N–H and O–H groups in total. The second kappa shape index (κ2) is 7.67. The van der Waals surface area contributed by atoms with Gasteiger partial charge in [0.05, 0.1) is 18.6 Å². The summed E-state index contributed by atoms with van der Waals surface area (Å²) in [6.07, 6.45) is 2.09. The van der Waals surface area contributed by atoms with Crippen LogP contribution in [0.15, 0.2) is 0 Å². The van der Waals surface area contributed by atoms with Gasteiger partial charge in [0.15, 0.2) is 0 Å². The summed E-state index contributed by atoms with van der Waals surface area (Å²) in [7, 11) is 0. The Labute approximate surface area is 104 Å². The molecule has 1 amide bonds. The summed E-state index contributed by atoms with van der Waals surface area (Å²) in [6, 6.07) is 0.129. The summed E-state index contributed by atoms with van der Waals surface area (Å²) >= 11 is 0. The van der Waals surface area contributed by atoms with Gasteiger partial charge in [-0.2, -0.15) is 0 Å². The molecular formula is C13H26N2O2. The SMILES string of the molecule is CCOCC(NC(=O)C1CCCNC1)C(C)C. The molecule has 2 unspecified atom stereocenters. The van der Waals surface area contributed by atoms with Crippen molar-refractivity contribution in [2.75, 3.05) is 26.3 Å². The molecule has 4 heteroatoms. The summed E-state index contributed by atoms with van der Waals surface area (Å²) in [5.74, 6) is 0.712. The first-order valence-electron chi connectivity index (χ1n) is 6.74. The van der Waals surface area contributed by atoms with Gasteiger partial charge in [-0.05, 0) is 32.2 Å². The van der Waals surface area contributed by atoms with Gasteiger partial charge in [-0.1, -0.05) is 13.8 Å². The Bertz CT molecular complexity index is 225. The van der Waals surface area contributed by atoms with Crippen LogP contribution in [0.1, 0.15) is 33.6 Å².